The highest BCUT2D eigenvalue weighted by Gasteiger charge is 2.33. The van der Waals surface area contributed by atoms with Crippen molar-refractivity contribution in [1.82, 2.24) is 9.88 Å². The van der Waals surface area contributed by atoms with Gasteiger partial charge in [0.05, 0.1) is 11.5 Å². The standard InChI is InChI=1S/C15H18N2O3S/c1-10-7-12-8-11(3-4-14(12)16-10)15(18)17(2)13-5-6-21(19,20)9-13/h3-4,7-8,13,16H,5-6,9H2,1-2H3. The SMILES string of the molecule is Cc1cc2cc(C(=O)N(C)C3CCS(=O)(=O)C3)ccc2[nH]1. The second kappa shape index (κ2) is 4.87. The maximum Gasteiger partial charge on any atom is 0.253 e. The van der Waals surface area contributed by atoms with E-state index < -0.39 is 9.84 Å². The number of aromatic nitrogens is 1. The number of hydrogen-bond acceptors (Lipinski definition) is 3. The minimum absolute atomic E-state index is 0.0702. The third-order valence-electron chi connectivity index (χ3n) is 4.08. The second-order valence-electron chi connectivity index (χ2n) is 5.73. The molecule has 1 saturated heterocycles. The average molecular weight is 306 g/mol. The Labute approximate surface area is 123 Å². The molecule has 0 saturated carbocycles. The number of H-pyrrole nitrogens is 1. The van der Waals surface area contributed by atoms with E-state index in [4.69, 9.17) is 0 Å². The van der Waals surface area contributed by atoms with Crippen LogP contribution in [0.1, 0.15) is 22.5 Å². The Morgan fingerprint density at radius 2 is 2.10 bits per heavy atom. The van der Waals surface area contributed by atoms with Crippen LogP contribution >= 0.6 is 0 Å². The predicted molar refractivity (Wildman–Crippen MR) is 82.2 cm³/mol. The van der Waals surface area contributed by atoms with Gasteiger partial charge in [0, 0.05) is 35.2 Å². The van der Waals surface area contributed by atoms with E-state index in [0.717, 1.165) is 16.6 Å². The maximum absolute atomic E-state index is 12.5. The Kier molecular flexibility index (Phi) is 3.28. The molecule has 21 heavy (non-hydrogen) atoms. The number of carbonyl (C=O) groups is 1. The summed E-state index contributed by atoms with van der Waals surface area (Å²) < 4.78 is 23.1. The van der Waals surface area contributed by atoms with Crippen LogP contribution in [0.25, 0.3) is 10.9 Å². The number of rotatable bonds is 2. The van der Waals surface area contributed by atoms with Gasteiger partial charge in [-0.05, 0) is 37.6 Å². The van der Waals surface area contributed by atoms with Crippen molar-refractivity contribution in [3.8, 4) is 0 Å². The Bertz CT molecular complexity index is 807. The molecule has 5 nitrogen and oxygen atoms in total. The molecule has 1 N–H and O–H groups in total. The van der Waals surface area contributed by atoms with Gasteiger partial charge in [0.25, 0.3) is 5.91 Å². The molecule has 1 fully saturated rings. The molecule has 0 spiro atoms. The van der Waals surface area contributed by atoms with E-state index >= 15 is 0 Å². The lowest BCUT2D eigenvalue weighted by Crippen LogP contribution is -2.37. The summed E-state index contributed by atoms with van der Waals surface area (Å²) in [6, 6.07) is 7.29. The first kappa shape index (κ1) is 14.1. The largest absolute Gasteiger partial charge is 0.359 e. The van der Waals surface area contributed by atoms with Crippen molar-refractivity contribution in [3.63, 3.8) is 0 Å². The quantitative estimate of drug-likeness (QED) is 0.918. The summed E-state index contributed by atoms with van der Waals surface area (Å²) in [5.41, 5.74) is 2.63. The lowest BCUT2D eigenvalue weighted by atomic mass is 10.1. The van der Waals surface area contributed by atoms with Crippen LogP contribution < -0.4 is 0 Å². The molecule has 2 heterocycles. The van der Waals surface area contributed by atoms with Crippen LogP contribution in [0.4, 0.5) is 0 Å². The van der Waals surface area contributed by atoms with Crippen LogP contribution in [0.3, 0.4) is 0 Å². The first-order valence-corrected chi connectivity index (χ1v) is 8.75. The number of nitrogens with one attached hydrogen (secondary N) is 1. The fourth-order valence-electron chi connectivity index (χ4n) is 2.86. The first-order chi connectivity index (χ1) is 9.85. The number of benzene rings is 1. The zero-order valence-corrected chi connectivity index (χ0v) is 12.9. The summed E-state index contributed by atoms with van der Waals surface area (Å²) in [6.45, 7) is 1.97. The summed E-state index contributed by atoms with van der Waals surface area (Å²) in [5, 5.41) is 0.991. The van der Waals surface area contributed by atoms with E-state index in [-0.39, 0.29) is 23.5 Å². The second-order valence-corrected chi connectivity index (χ2v) is 7.96. The summed E-state index contributed by atoms with van der Waals surface area (Å²) in [7, 11) is -1.31. The summed E-state index contributed by atoms with van der Waals surface area (Å²) in [4.78, 5) is 17.3. The molecule has 0 bridgehead atoms. The van der Waals surface area contributed by atoms with Crippen molar-refractivity contribution in [2.75, 3.05) is 18.6 Å². The molecular formula is C15H18N2O3S. The van der Waals surface area contributed by atoms with Crippen LogP contribution in [-0.2, 0) is 9.84 Å². The lowest BCUT2D eigenvalue weighted by molar-refractivity contribution is 0.0748. The van der Waals surface area contributed by atoms with E-state index in [9.17, 15) is 13.2 Å². The molecule has 1 amide bonds. The number of carbonyl (C=O) groups excluding carboxylic acids is 1. The predicted octanol–water partition coefficient (Wildman–Crippen LogP) is 1.74. The minimum Gasteiger partial charge on any atom is -0.359 e. The van der Waals surface area contributed by atoms with Crippen LogP contribution in [-0.4, -0.2) is 48.8 Å². The number of aryl methyl sites for hydroxylation is 1. The van der Waals surface area contributed by atoms with E-state index in [2.05, 4.69) is 4.98 Å². The number of aromatic amines is 1. The van der Waals surface area contributed by atoms with E-state index in [1.54, 1.807) is 18.0 Å². The van der Waals surface area contributed by atoms with E-state index in [1.807, 2.05) is 25.1 Å². The van der Waals surface area contributed by atoms with Gasteiger partial charge in [0.2, 0.25) is 0 Å². The van der Waals surface area contributed by atoms with Gasteiger partial charge in [0.15, 0.2) is 9.84 Å². The molecule has 3 rings (SSSR count). The molecule has 112 valence electrons. The molecule has 1 atom stereocenters. The van der Waals surface area contributed by atoms with E-state index in [0.29, 0.717) is 12.0 Å². The van der Waals surface area contributed by atoms with Gasteiger partial charge in [-0.2, -0.15) is 0 Å². The number of hydrogen-bond donors (Lipinski definition) is 1. The molecule has 1 aliphatic heterocycles. The van der Waals surface area contributed by atoms with Crippen LogP contribution in [0.2, 0.25) is 0 Å². The van der Waals surface area contributed by atoms with Gasteiger partial charge in [0.1, 0.15) is 0 Å². The molecule has 1 aromatic heterocycles. The lowest BCUT2D eigenvalue weighted by Gasteiger charge is -2.23. The van der Waals surface area contributed by atoms with Crippen LogP contribution in [0.5, 0.6) is 0 Å². The van der Waals surface area contributed by atoms with Crippen LogP contribution in [0, 0.1) is 6.92 Å². The zero-order chi connectivity index (χ0) is 15.2. The average Bonchev–Trinajstić information content (AvgIpc) is 2.97. The number of fused-ring (bicyclic) bond motifs is 1. The highest BCUT2D eigenvalue weighted by Crippen LogP contribution is 2.21. The molecule has 2 aromatic rings. The summed E-state index contributed by atoms with van der Waals surface area (Å²) in [5.74, 6) is 0.115. The minimum atomic E-state index is -2.99. The van der Waals surface area contributed by atoms with Gasteiger partial charge in [-0.15, -0.1) is 0 Å². The van der Waals surface area contributed by atoms with Gasteiger partial charge in [-0.1, -0.05) is 0 Å². The van der Waals surface area contributed by atoms with Gasteiger partial charge in [-0.3, -0.25) is 4.79 Å². The topological polar surface area (TPSA) is 70.2 Å². The van der Waals surface area contributed by atoms with Crippen molar-refractivity contribution in [1.29, 1.82) is 0 Å². The third-order valence-corrected chi connectivity index (χ3v) is 5.83. The number of amides is 1. The van der Waals surface area contributed by atoms with Gasteiger partial charge >= 0.3 is 0 Å². The first-order valence-electron chi connectivity index (χ1n) is 6.93. The Morgan fingerprint density at radius 1 is 1.33 bits per heavy atom. The molecule has 1 unspecified atom stereocenters. The molecule has 1 aliphatic rings. The summed E-state index contributed by atoms with van der Waals surface area (Å²) in [6.07, 6.45) is 0.524. The van der Waals surface area contributed by atoms with Crippen molar-refractivity contribution in [2.45, 2.75) is 19.4 Å². The molecule has 0 aliphatic carbocycles. The van der Waals surface area contributed by atoms with Gasteiger partial charge in [-0.25, -0.2) is 8.42 Å². The molecule has 6 heteroatoms. The van der Waals surface area contributed by atoms with Crippen molar-refractivity contribution in [2.24, 2.45) is 0 Å². The Morgan fingerprint density at radius 3 is 2.76 bits per heavy atom. The third kappa shape index (κ3) is 2.68. The number of nitrogens with zero attached hydrogens (tertiary/aromatic N) is 1. The van der Waals surface area contributed by atoms with Crippen molar-refractivity contribution in [3.05, 3.63) is 35.5 Å². The van der Waals surface area contributed by atoms with Crippen LogP contribution in [0.15, 0.2) is 24.3 Å². The summed E-state index contributed by atoms with van der Waals surface area (Å²) >= 11 is 0. The molecule has 1 aromatic carbocycles. The number of sulfone groups is 1. The van der Waals surface area contributed by atoms with Gasteiger partial charge < -0.3 is 9.88 Å². The van der Waals surface area contributed by atoms with Crippen molar-refractivity contribution >= 4 is 26.6 Å². The molecular weight excluding hydrogens is 288 g/mol. The Hall–Kier alpha value is -1.82. The highest BCUT2D eigenvalue weighted by molar-refractivity contribution is 7.91. The fraction of sp³-hybridized carbons (Fsp3) is 0.400. The van der Waals surface area contributed by atoms with Crippen molar-refractivity contribution < 1.29 is 13.2 Å². The van der Waals surface area contributed by atoms with E-state index in [1.165, 1.54) is 0 Å². The zero-order valence-electron chi connectivity index (χ0n) is 12.1. The maximum atomic E-state index is 12.5. The normalized spacial score (nSPS) is 20.8. The Balaban J connectivity index is 1.86. The smallest absolute Gasteiger partial charge is 0.253 e. The fourth-order valence-corrected chi connectivity index (χ4v) is 4.64. The monoisotopic (exact) mass is 306 g/mol. The highest BCUT2D eigenvalue weighted by atomic mass is 32.2. The molecule has 0 radical (unpaired) electrons.